The van der Waals surface area contributed by atoms with Gasteiger partial charge in [-0.25, -0.2) is 0 Å². The molecule has 0 atom stereocenters. The first-order valence-corrected chi connectivity index (χ1v) is 4.25. The maximum atomic E-state index is 5.37. The first-order valence-electron chi connectivity index (χ1n) is 4.25. The van der Waals surface area contributed by atoms with E-state index in [1.54, 1.807) is 12.4 Å². The highest BCUT2D eigenvalue weighted by molar-refractivity contribution is 5.62. The summed E-state index contributed by atoms with van der Waals surface area (Å²) in [5.41, 5.74) is 2.34. The van der Waals surface area contributed by atoms with E-state index in [1.165, 1.54) is 0 Å². The number of aromatic nitrogens is 2. The summed E-state index contributed by atoms with van der Waals surface area (Å²) in [4.78, 5) is 8.41. The predicted molar refractivity (Wildman–Crippen MR) is 55.4 cm³/mol. The van der Waals surface area contributed by atoms with Crippen molar-refractivity contribution in [1.29, 1.82) is 0 Å². The van der Waals surface area contributed by atoms with Crippen LogP contribution in [0.15, 0.2) is 42.7 Å². The average Bonchev–Trinajstić information content (AvgIpc) is 2.30. The van der Waals surface area contributed by atoms with E-state index >= 15 is 0 Å². The first kappa shape index (κ1) is 8.46. The van der Waals surface area contributed by atoms with Crippen molar-refractivity contribution in [3.05, 3.63) is 48.3 Å². The summed E-state index contributed by atoms with van der Waals surface area (Å²) in [7, 11) is 0. The van der Waals surface area contributed by atoms with E-state index in [9.17, 15) is 0 Å². The largest absolute Gasteiger partial charge is 0.255 e. The Morgan fingerprint density at radius 1 is 1.00 bits per heavy atom. The van der Waals surface area contributed by atoms with Crippen LogP contribution in [-0.2, 0) is 0 Å². The average molecular weight is 180 g/mol. The molecule has 0 radical (unpaired) electrons. The number of hydrogen-bond acceptors (Lipinski definition) is 2. The van der Waals surface area contributed by atoms with Crippen LogP contribution >= 0.6 is 0 Å². The standard InChI is InChI=1S/C12H8N2/c1-2-10-6-5-9-14-12(10)11-7-3-4-8-13-11/h1,3-9H. The van der Waals surface area contributed by atoms with Crippen LogP contribution in [0.5, 0.6) is 0 Å². The van der Waals surface area contributed by atoms with E-state index in [2.05, 4.69) is 15.9 Å². The first-order chi connectivity index (χ1) is 6.92. The second-order valence-electron chi connectivity index (χ2n) is 2.76. The fourth-order valence-electron chi connectivity index (χ4n) is 1.23. The van der Waals surface area contributed by atoms with Crippen molar-refractivity contribution in [2.45, 2.75) is 0 Å². The minimum absolute atomic E-state index is 0.760. The third-order valence-corrected chi connectivity index (χ3v) is 1.87. The normalized spacial score (nSPS) is 9.36. The Kier molecular flexibility index (Phi) is 2.24. The van der Waals surface area contributed by atoms with Crippen LogP contribution in [0.3, 0.4) is 0 Å². The van der Waals surface area contributed by atoms with Crippen LogP contribution in [0.2, 0.25) is 0 Å². The summed E-state index contributed by atoms with van der Waals surface area (Å²) in [5, 5.41) is 0. The SMILES string of the molecule is C#Cc1cccnc1-c1ccccn1. The number of terminal acetylenes is 1. The molecular formula is C12H8N2. The number of pyridine rings is 2. The highest BCUT2D eigenvalue weighted by Gasteiger charge is 2.03. The van der Waals surface area contributed by atoms with Crippen LogP contribution in [-0.4, -0.2) is 9.97 Å². The zero-order chi connectivity index (χ0) is 9.80. The second-order valence-corrected chi connectivity index (χ2v) is 2.76. The van der Waals surface area contributed by atoms with Crippen molar-refractivity contribution >= 4 is 0 Å². The van der Waals surface area contributed by atoms with Crippen LogP contribution < -0.4 is 0 Å². The molecule has 2 nitrogen and oxygen atoms in total. The second kappa shape index (κ2) is 3.71. The summed E-state index contributed by atoms with van der Waals surface area (Å²) in [6.45, 7) is 0. The van der Waals surface area contributed by atoms with Crippen molar-refractivity contribution in [3.63, 3.8) is 0 Å². The van der Waals surface area contributed by atoms with Gasteiger partial charge < -0.3 is 0 Å². The summed E-state index contributed by atoms with van der Waals surface area (Å²) >= 11 is 0. The summed E-state index contributed by atoms with van der Waals surface area (Å²) in [5.74, 6) is 2.59. The van der Waals surface area contributed by atoms with E-state index in [0.717, 1.165) is 17.0 Å². The van der Waals surface area contributed by atoms with E-state index < -0.39 is 0 Å². The van der Waals surface area contributed by atoms with E-state index in [1.807, 2.05) is 30.3 Å². The third kappa shape index (κ3) is 1.48. The zero-order valence-corrected chi connectivity index (χ0v) is 7.51. The highest BCUT2D eigenvalue weighted by Crippen LogP contribution is 2.16. The topological polar surface area (TPSA) is 25.8 Å². The van der Waals surface area contributed by atoms with Gasteiger partial charge in [0, 0.05) is 12.4 Å². The lowest BCUT2D eigenvalue weighted by Gasteiger charge is -2.01. The quantitative estimate of drug-likeness (QED) is 0.628. The van der Waals surface area contributed by atoms with Gasteiger partial charge in [0.15, 0.2) is 0 Å². The van der Waals surface area contributed by atoms with Crippen LogP contribution in [0.1, 0.15) is 5.56 Å². The number of hydrogen-bond donors (Lipinski definition) is 0. The molecule has 0 N–H and O–H groups in total. The minimum atomic E-state index is 0.760. The van der Waals surface area contributed by atoms with Gasteiger partial charge in [-0.05, 0) is 24.3 Å². The van der Waals surface area contributed by atoms with Gasteiger partial charge in [-0.15, -0.1) is 6.42 Å². The Morgan fingerprint density at radius 2 is 1.86 bits per heavy atom. The molecule has 0 aliphatic rings. The Labute approximate surface area is 82.7 Å². The molecule has 2 heterocycles. The molecule has 14 heavy (non-hydrogen) atoms. The molecule has 66 valence electrons. The maximum absolute atomic E-state index is 5.37. The smallest absolute Gasteiger partial charge is 0.104 e. The van der Waals surface area contributed by atoms with E-state index in [-0.39, 0.29) is 0 Å². The van der Waals surface area contributed by atoms with Crippen LogP contribution in [0, 0.1) is 12.3 Å². The lowest BCUT2D eigenvalue weighted by molar-refractivity contribution is 1.24. The molecule has 0 saturated carbocycles. The van der Waals surface area contributed by atoms with Crippen LogP contribution in [0.25, 0.3) is 11.4 Å². The zero-order valence-electron chi connectivity index (χ0n) is 7.51. The summed E-state index contributed by atoms with van der Waals surface area (Å²) < 4.78 is 0. The van der Waals surface area contributed by atoms with Gasteiger partial charge in [-0.1, -0.05) is 12.0 Å². The minimum Gasteiger partial charge on any atom is -0.255 e. The summed E-state index contributed by atoms with van der Waals surface area (Å²) in [6, 6.07) is 9.35. The molecule has 2 rings (SSSR count). The fraction of sp³-hybridized carbons (Fsp3) is 0. The molecule has 0 bridgehead atoms. The summed E-state index contributed by atoms with van der Waals surface area (Å²) in [6.07, 6.45) is 8.81. The molecule has 0 spiro atoms. The van der Waals surface area contributed by atoms with Gasteiger partial charge in [-0.3, -0.25) is 9.97 Å². The molecule has 0 saturated heterocycles. The third-order valence-electron chi connectivity index (χ3n) is 1.87. The van der Waals surface area contributed by atoms with Crippen molar-refractivity contribution in [1.82, 2.24) is 9.97 Å². The molecule has 2 aromatic heterocycles. The fourth-order valence-corrected chi connectivity index (χ4v) is 1.23. The monoisotopic (exact) mass is 180 g/mol. The highest BCUT2D eigenvalue weighted by atomic mass is 14.8. The van der Waals surface area contributed by atoms with Crippen LogP contribution in [0.4, 0.5) is 0 Å². The van der Waals surface area contributed by atoms with Gasteiger partial charge in [0.05, 0.1) is 11.3 Å². The molecule has 0 amide bonds. The molecule has 0 unspecified atom stereocenters. The Morgan fingerprint density at radius 3 is 2.57 bits per heavy atom. The number of nitrogens with zero attached hydrogens (tertiary/aromatic N) is 2. The Hall–Kier alpha value is -2.14. The van der Waals surface area contributed by atoms with Gasteiger partial charge in [0.2, 0.25) is 0 Å². The number of rotatable bonds is 1. The molecule has 0 aliphatic carbocycles. The Bertz CT molecular complexity index is 469. The predicted octanol–water partition coefficient (Wildman–Crippen LogP) is 2.12. The molecule has 2 aromatic rings. The maximum Gasteiger partial charge on any atom is 0.104 e. The lowest BCUT2D eigenvalue weighted by atomic mass is 10.1. The Balaban J connectivity index is 2.58. The van der Waals surface area contributed by atoms with E-state index in [4.69, 9.17) is 6.42 Å². The van der Waals surface area contributed by atoms with Gasteiger partial charge in [0.25, 0.3) is 0 Å². The van der Waals surface area contributed by atoms with Crippen molar-refractivity contribution < 1.29 is 0 Å². The molecule has 2 heteroatoms. The van der Waals surface area contributed by atoms with Crippen molar-refractivity contribution in [3.8, 4) is 23.7 Å². The lowest BCUT2D eigenvalue weighted by Crippen LogP contribution is -1.89. The van der Waals surface area contributed by atoms with Gasteiger partial charge in [-0.2, -0.15) is 0 Å². The molecule has 0 aromatic carbocycles. The van der Waals surface area contributed by atoms with E-state index in [0.29, 0.717) is 0 Å². The molecular weight excluding hydrogens is 172 g/mol. The molecule has 0 fully saturated rings. The van der Waals surface area contributed by atoms with Crippen molar-refractivity contribution in [2.75, 3.05) is 0 Å². The van der Waals surface area contributed by atoms with Gasteiger partial charge >= 0.3 is 0 Å². The van der Waals surface area contributed by atoms with Gasteiger partial charge in [0.1, 0.15) is 5.69 Å². The van der Waals surface area contributed by atoms with Crippen molar-refractivity contribution in [2.24, 2.45) is 0 Å². The molecule has 0 aliphatic heterocycles.